The molecule has 41 heavy (non-hydrogen) atoms. The first kappa shape index (κ1) is 28.6. The molecule has 3 N–H and O–H groups in total. The van der Waals surface area contributed by atoms with Crippen molar-refractivity contribution in [1.82, 2.24) is 9.80 Å². The summed E-state index contributed by atoms with van der Waals surface area (Å²) in [4.78, 5) is 38.4. The average molecular weight is 589 g/mol. The second kappa shape index (κ2) is 12.3. The van der Waals surface area contributed by atoms with Gasteiger partial charge in [0, 0.05) is 30.2 Å². The number of amidine groups is 1. The molecule has 5 rings (SSSR count). The zero-order valence-corrected chi connectivity index (χ0v) is 25.0. The Bertz CT molecular complexity index is 1540. The maximum absolute atomic E-state index is 14.0. The summed E-state index contributed by atoms with van der Waals surface area (Å²) < 4.78 is 0. The number of benzene rings is 3. The van der Waals surface area contributed by atoms with Crippen molar-refractivity contribution in [2.75, 3.05) is 49.8 Å². The summed E-state index contributed by atoms with van der Waals surface area (Å²) in [6.07, 6.45) is 0. The minimum atomic E-state index is -0.135. The number of fused-ring (bicyclic) bond motifs is 1. The van der Waals surface area contributed by atoms with Crippen molar-refractivity contribution < 1.29 is 14.7 Å². The number of amides is 2. The molecule has 0 saturated carbocycles. The van der Waals surface area contributed by atoms with Gasteiger partial charge in [0.1, 0.15) is 10.7 Å². The average Bonchev–Trinajstić information content (AvgIpc) is 3.41. The van der Waals surface area contributed by atoms with Crippen LogP contribution in [0.2, 0.25) is 0 Å². The fourth-order valence-electron chi connectivity index (χ4n) is 4.49. The molecule has 0 aromatic heterocycles. The molecule has 11 heteroatoms. The Balaban J connectivity index is 1.55. The van der Waals surface area contributed by atoms with E-state index in [4.69, 9.17) is 4.99 Å². The third kappa shape index (κ3) is 6.37. The SMILES string of the molecule is CCNc1ccc(NC(=O)CN(C)C)cc1N=C1SC(=C2Sc3ccc(O)cc3N2C)C(=O)N1Cc1ccccc1. The molecule has 0 radical (unpaired) electrons. The van der Waals surface area contributed by atoms with Gasteiger partial charge in [0.2, 0.25) is 5.91 Å². The zero-order valence-electron chi connectivity index (χ0n) is 23.3. The summed E-state index contributed by atoms with van der Waals surface area (Å²) in [7, 11) is 5.58. The third-order valence-electron chi connectivity index (χ3n) is 6.38. The van der Waals surface area contributed by atoms with Gasteiger partial charge in [-0.1, -0.05) is 42.1 Å². The van der Waals surface area contributed by atoms with Crippen LogP contribution in [0.25, 0.3) is 0 Å². The van der Waals surface area contributed by atoms with Crippen molar-refractivity contribution in [3.8, 4) is 5.75 Å². The van der Waals surface area contributed by atoms with Crippen LogP contribution in [0.1, 0.15) is 12.5 Å². The molecule has 9 nitrogen and oxygen atoms in total. The van der Waals surface area contributed by atoms with Crippen molar-refractivity contribution in [2.24, 2.45) is 4.99 Å². The second-order valence-electron chi connectivity index (χ2n) is 9.87. The lowest BCUT2D eigenvalue weighted by atomic mass is 10.2. The number of phenols is 1. The molecule has 3 aromatic rings. The molecule has 2 amide bonds. The van der Waals surface area contributed by atoms with Gasteiger partial charge in [0.25, 0.3) is 5.91 Å². The molecule has 1 fully saturated rings. The summed E-state index contributed by atoms with van der Waals surface area (Å²) in [6.45, 7) is 3.31. The molecular formula is C30H32N6O3S2. The van der Waals surface area contributed by atoms with E-state index in [9.17, 15) is 14.7 Å². The largest absolute Gasteiger partial charge is 0.508 e. The van der Waals surface area contributed by atoms with E-state index in [0.29, 0.717) is 34.5 Å². The van der Waals surface area contributed by atoms with E-state index in [1.165, 1.54) is 23.5 Å². The van der Waals surface area contributed by atoms with E-state index >= 15 is 0 Å². The Hall–Kier alpha value is -3.93. The number of hydrogen-bond donors (Lipinski definition) is 3. The molecule has 0 bridgehead atoms. The van der Waals surface area contributed by atoms with Crippen LogP contribution >= 0.6 is 23.5 Å². The van der Waals surface area contributed by atoms with Crippen LogP contribution in [-0.2, 0) is 16.1 Å². The maximum Gasteiger partial charge on any atom is 0.269 e. The first-order valence-corrected chi connectivity index (χ1v) is 14.8. The second-order valence-corrected chi connectivity index (χ2v) is 11.9. The Morgan fingerprint density at radius 3 is 2.56 bits per heavy atom. The predicted molar refractivity (Wildman–Crippen MR) is 169 cm³/mol. The molecule has 2 aliphatic rings. The number of nitrogens with one attached hydrogen (secondary N) is 2. The lowest BCUT2D eigenvalue weighted by Gasteiger charge is -2.17. The number of aliphatic imine (C=N–C) groups is 1. The number of carbonyl (C=O) groups is 2. The summed E-state index contributed by atoms with van der Waals surface area (Å²) in [5.74, 6) is -0.0846. The first-order chi connectivity index (χ1) is 19.7. The molecule has 2 heterocycles. The standard InChI is InChI=1S/C30H32N6O3S2/c1-5-31-22-13-11-20(32-26(38)18-34(2)3)15-23(22)33-30-36(17-19-9-7-6-8-10-19)28(39)27(41-30)29-35(4)24-16-21(37)12-14-25(24)40-29/h6-16,31,37H,5,17-18H2,1-4H3,(H,32,38). The van der Waals surface area contributed by atoms with E-state index in [1.807, 2.05) is 87.6 Å². The highest BCUT2D eigenvalue weighted by atomic mass is 32.2. The number of hydrogen-bond acceptors (Lipinski definition) is 9. The molecule has 0 aliphatic carbocycles. The summed E-state index contributed by atoms with van der Waals surface area (Å²) >= 11 is 2.83. The highest BCUT2D eigenvalue weighted by Crippen LogP contribution is 2.51. The smallest absolute Gasteiger partial charge is 0.269 e. The van der Waals surface area contributed by atoms with Crippen molar-refractivity contribution >= 4 is 63.3 Å². The fourth-order valence-corrected chi connectivity index (χ4v) is 6.81. The lowest BCUT2D eigenvalue weighted by molar-refractivity contribution is -0.122. The maximum atomic E-state index is 14.0. The molecule has 2 aliphatic heterocycles. The summed E-state index contributed by atoms with van der Waals surface area (Å²) in [6, 6.07) is 20.6. The summed E-state index contributed by atoms with van der Waals surface area (Å²) in [5, 5.41) is 17.6. The molecule has 1 saturated heterocycles. The zero-order chi connectivity index (χ0) is 29.1. The molecule has 3 aromatic carbocycles. The van der Waals surface area contributed by atoms with Crippen LogP contribution in [0.5, 0.6) is 5.75 Å². The molecule has 212 valence electrons. The molecule has 0 spiro atoms. The number of phenolic OH excluding ortho intramolecular Hbond substituents is 1. The van der Waals surface area contributed by atoms with E-state index in [2.05, 4.69) is 10.6 Å². The van der Waals surface area contributed by atoms with Crippen LogP contribution in [0.15, 0.2) is 86.6 Å². The van der Waals surface area contributed by atoms with Gasteiger partial charge < -0.3 is 25.5 Å². The Labute approximate surface area is 248 Å². The number of rotatable bonds is 8. The summed E-state index contributed by atoms with van der Waals surface area (Å²) in [5.41, 5.74) is 3.88. The highest BCUT2D eigenvalue weighted by molar-refractivity contribution is 8.19. The van der Waals surface area contributed by atoms with Gasteiger partial charge in [-0.05, 0) is 68.7 Å². The van der Waals surface area contributed by atoms with Crippen LogP contribution in [0.4, 0.5) is 22.7 Å². The van der Waals surface area contributed by atoms with Gasteiger partial charge >= 0.3 is 0 Å². The third-order valence-corrected chi connectivity index (χ3v) is 8.81. The number of thioether (sulfide) groups is 2. The van der Waals surface area contributed by atoms with Gasteiger partial charge in [-0.3, -0.25) is 14.5 Å². The minimum Gasteiger partial charge on any atom is -0.508 e. The number of aromatic hydroxyl groups is 1. The Morgan fingerprint density at radius 1 is 1.05 bits per heavy atom. The monoisotopic (exact) mass is 588 g/mol. The normalized spacial score (nSPS) is 17.5. The van der Waals surface area contributed by atoms with Crippen LogP contribution in [0.3, 0.4) is 0 Å². The van der Waals surface area contributed by atoms with E-state index in [1.54, 1.807) is 21.9 Å². The van der Waals surface area contributed by atoms with Crippen LogP contribution < -0.4 is 15.5 Å². The Morgan fingerprint density at radius 2 is 1.83 bits per heavy atom. The van der Waals surface area contributed by atoms with Crippen molar-refractivity contribution in [1.29, 1.82) is 0 Å². The quantitative estimate of drug-likeness (QED) is 0.297. The van der Waals surface area contributed by atoms with Crippen molar-refractivity contribution in [2.45, 2.75) is 18.4 Å². The molecular weight excluding hydrogens is 557 g/mol. The van der Waals surface area contributed by atoms with E-state index in [0.717, 1.165) is 26.9 Å². The number of likely N-dealkylation sites (N-methyl/N-ethyl adjacent to an activating group) is 1. The molecule has 0 atom stereocenters. The predicted octanol–water partition coefficient (Wildman–Crippen LogP) is 5.50. The van der Waals surface area contributed by atoms with Crippen molar-refractivity contribution in [3.05, 3.63) is 82.2 Å². The topological polar surface area (TPSA) is 101 Å². The van der Waals surface area contributed by atoms with Gasteiger partial charge in [0.15, 0.2) is 5.17 Å². The van der Waals surface area contributed by atoms with Crippen LogP contribution in [-0.4, -0.2) is 66.1 Å². The fraction of sp³-hybridized carbons (Fsp3) is 0.233. The van der Waals surface area contributed by atoms with E-state index in [-0.39, 0.29) is 24.1 Å². The van der Waals surface area contributed by atoms with Gasteiger partial charge in [-0.2, -0.15) is 0 Å². The van der Waals surface area contributed by atoms with E-state index < -0.39 is 0 Å². The number of carbonyl (C=O) groups excluding carboxylic acids is 2. The minimum absolute atomic E-state index is 0.125. The highest BCUT2D eigenvalue weighted by Gasteiger charge is 2.39. The lowest BCUT2D eigenvalue weighted by Crippen LogP contribution is -2.29. The Kier molecular flexibility index (Phi) is 8.57. The molecule has 0 unspecified atom stereocenters. The van der Waals surface area contributed by atoms with Crippen molar-refractivity contribution in [3.63, 3.8) is 0 Å². The first-order valence-electron chi connectivity index (χ1n) is 13.2. The van der Waals surface area contributed by atoms with Gasteiger partial charge in [0.05, 0.1) is 35.2 Å². The number of anilines is 3. The van der Waals surface area contributed by atoms with Gasteiger partial charge in [-0.25, -0.2) is 4.99 Å². The number of nitrogens with zero attached hydrogens (tertiary/aromatic N) is 4. The van der Waals surface area contributed by atoms with Crippen LogP contribution in [0, 0.1) is 0 Å². The van der Waals surface area contributed by atoms with Gasteiger partial charge in [-0.15, -0.1) is 0 Å².